The number of nitriles is 1. The lowest BCUT2D eigenvalue weighted by Crippen LogP contribution is -2.41. The van der Waals surface area contributed by atoms with E-state index in [9.17, 15) is 5.26 Å². The van der Waals surface area contributed by atoms with Crippen molar-refractivity contribution >= 4 is 29.2 Å². The topological polar surface area (TPSA) is 67.2 Å². The van der Waals surface area contributed by atoms with Gasteiger partial charge in [-0.05, 0) is 51.2 Å². The van der Waals surface area contributed by atoms with Gasteiger partial charge < -0.3 is 14.6 Å². The second kappa shape index (κ2) is 7.75. The summed E-state index contributed by atoms with van der Waals surface area (Å²) < 4.78 is 12.4. The van der Waals surface area contributed by atoms with E-state index in [0.29, 0.717) is 5.56 Å². The Kier molecular flexibility index (Phi) is 5.27. The number of hydrogen-bond donors (Lipinski definition) is 1. The van der Waals surface area contributed by atoms with E-state index >= 15 is 0 Å². The third kappa shape index (κ3) is 3.79. The number of aromatic nitrogens is 1. The Hall–Kier alpha value is -2.88. The Bertz CT molecular complexity index is 1090. The van der Waals surface area contributed by atoms with Gasteiger partial charge in [0.15, 0.2) is 0 Å². The molecular weight excluding hydrogens is 373 g/mol. The molecule has 1 fully saturated rings. The first-order valence-corrected chi connectivity index (χ1v) is 10.3. The third-order valence-corrected chi connectivity index (χ3v) is 6.10. The SMILES string of the molecule is CC1(C)OB(c2ccc3ncc(C#N)c(NCCc4ccccc4)c3c2)OC1(C)C. The van der Waals surface area contributed by atoms with Crippen molar-refractivity contribution < 1.29 is 9.31 Å². The number of hydrogen-bond acceptors (Lipinski definition) is 5. The van der Waals surface area contributed by atoms with Gasteiger partial charge in [-0.25, -0.2) is 0 Å². The Morgan fingerprint density at radius 3 is 2.40 bits per heavy atom. The summed E-state index contributed by atoms with van der Waals surface area (Å²) >= 11 is 0. The minimum atomic E-state index is -0.456. The summed E-state index contributed by atoms with van der Waals surface area (Å²) in [6.45, 7) is 8.89. The fraction of sp³-hybridized carbons (Fsp3) is 0.333. The van der Waals surface area contributed by atoms with E-state index in [1.807, 2.05) is 64.1 Å². The largest absolute Gasteiger partial charge is 0.494 e. The molecule has 30 heavy (non-hydrogen) atoms. The van der Waals surface area contributed by atoms with E-state index in [1.165, 1.54) is 5.56 Å². The van der Waals surface area contributed by atoms with E-state index in [2.05, 4.69) is 28.5 Å². The van der Waals surface area contributed by atoms with Crippen molar-refractivity contribution in [2.24, 2.45) is 0 Å². The lowest BCUT2D eigenvalue weighted by atomic mass is 9.78. The quantitative estimate of drug-likeness (QED) is 0.656. The van der Waals surface area contributed by atoms with Crippen LogP contribution in [0.5, 0.6) is 0 Å². The molecule has 1 aromatic heterocycles. The van der Waals surface area contributed by atoms with Gasteiger partial charge in [0.05, 0.1) is 28.0 Å². The molecule has 0 unspecified atom stereocenters. The number of rotatable bonds is 5. The highest BCUT2D eigenvalue weighted by molar-refractivity contribution is 6.62. The fourth-order valence-electron chi connectivity index (χ4n) is 3.59. The number of fused-ring (bicyclic) bond motifs is 1. The summed E-state index contributed by atoms with van der Waals surface area (Å²) in [6.07, 6.45) is 2.49. The molecule has 0 saturated carbocycles. The van der Waals surface area contributed by atoms with Gasteiger partial charge in [-0.2, -0.15) is 5.26 Å². The molecule has 6 heteroatoms. The Balaban J connectivity index is 1.65. The van der Waals surface area contributed by atoms with Crippen LogP contribution < -0.4 is 10.8 Å². The summed E-state index contributed by atoms with van der Waals surface area (Å²) in [4.78, 5) is 4.46. The van der Waals surface area contributed by atoms with E-state index in [1.54, 1.807) is 6.20 Å². The molecule has 2 aromatic carbocycles. The number of anilines is 1. The van der Waals surface area contributed by atoms with Crippen LogP contribution in [0.15, 0.2) is 54.7 Å². The van der Waals surface area contributed by atoms with Gasteiger partial charge in [-0.3, -0.25) is 4.98 Å². The van der Waals surface area contributed by atoms with Crippen molar-refractivity contribution in [3.8, 4) is 6.07 Å². The molecule has 0 amide bonds. The molecule has 0 bridgehead atoms. The van der Waals surface area contributed by atoms with Crippen molar-refractivity contribution in [2.45, 2.75) is 45.3 Å². The monoisotopic (exact) mass is 399 g/mol. The van der Waals surface area contributed by atoms with Crippen LogP contribution in [0.25, 0.3) is 10.9 Å². The normalized spacial score (nSPS) is 17.1. The van der Waals surface area contributed by atoms with Crippen LogP contribution >= 0.6 is 0 Å². The Morgan fingerprint density at radius 2 is 1.73 bits per heavy atom. The number of pyridine rings is 1. The zero-order valence-electron chi connectivity index (χ0n) is 17.9. The van der Waals surface area contributed by atoms with Crippen molar-refractivity contribution in [3.05, 3.63) is 65.9 Å². The molecule has 1 saturated heterocycles. The molecular formula is C24H26BN3O2. The highest BCUT2D eigenvalue weighted by Gasteiger charge is 2.51. The molecule has 4 rings (SSSR count). The van der Waals surface area contributed by atoms with Gasteiger partial charge in [0.2, 0.25) is 0 Å². The molecule has 0 aliphatic carbocycles. The van der Waals surface area contributed by atoms with Crippen LogP contribution in [-0.4, -0.2) is 29.8 Å². The van der Waals surface area contributed by atoms with Crippen molar-refractivity contribution in [3.63, 3.8) is 0 Å². The molecule has 0 radical (unpaired) electrons. The first-order chi connectivity index (χ1) is 14.3. The van der Waals surface area contributed by atoms with E-state index in [-0.39, 0.29) is 0 Å². The van der Waals surface area contributed by atoms with Crippen LogP contribution in [0.3, 0.4) is 0 Å². The molecule has 2 heterocycles. The minimum absolute atomic E-state index is 0.407. The average Bonchev–Trinajstić information content (AvgIpc) is 2.95. The van der Waals surface area contributed by atoms with Gasteiger partial charge in [0.1, 0.15) is 6.07 Å². The maximum Gasteiger partial charge on any atom is 0.494 e. The zero-order chi connectivity index (χ0) is 21.4. The number of nitrogens with one attached hydrogen (secondary N) is 1. The summed E-state index contributed by atoms with van der Waals surface area (Å²) in [5.74, 6) is 0. The Morgan fingerprint density at radius 1 is 1.03 bits per heavy atom. The standard InChI is InChI=1S/C24H26BN3O2/c1-23(2)24(3,4)30-25(29-23)19-10-11-21-20(14-19)22(18(15-26)16-28-21)27-13-12-17-8-6-5-7-9-17/h5-11,14,16H,12-13H2,1-4H3,(H,27,28). The van der Waals surface area contributed by atoms with Gasteiger partial charge in [0, 0.05) is 18.1 Å². The summed E-state index contributed by atoms with van der Waals surface area (Å²) in [5, 5.41) is 14.0. The van der Waals surface area contributed by atoms with Gasteiger partial charge in [-0.1, -0.05) is 42.5 Å². The molecule has 0 atom stereocenters. The molecule has 0 spiro atoms. The van der Waals surface area contributed by atoms with Crippen LogP contribution in [0.2, 0.25) is 0 Å². The predicted octanol–water partition coefficient (Wildman–Crippen LogP) is 4.06. The molecule has 152 valence electrons. The lowest BCUT2D eigenvalue weighted by molar-refractivity contribution is 0.00578. The molecule has 1 aliphatic heterocycles. The summed E-state index contributed by atoms with van der Waals surface area (Å²) in [7, 11) is -0.456. The van der Waals surface area contributed by atoms with Crippen molar-refractivity contribution in [1.29, 1.82) is 5.26 Å². The number of nitrogens with zero attached hydrogens (tertiary/aromatic N) is 2. The predicted molar refractivity (Wildman–Crippen MR) is 121 cm³/mol. The van der Waals surface area contributed by atoms with Crippen molar-refractivity contribution in [2.75, 3.05) is 11.9 Å². The molecule has 5 nitrogen and oxygen atoms in total. The minimum Gasteiger partial charge on any atom is -0.399 e. The summed E-state index contributed by atoms with van der Waals surface area (Å²) in [6, 6.07) is 18.5. The smallest absolute Gasteiger partial charge is 0.399 e. The maximum atomic E-state index is 9.63. The molecule has 3 aromatic rings. The second-order valence-electron chi connectivity index (χ2n) is 8.69. The third-order valence-electron chi connectivity index (χ3n) is 6.10. The number of benzene rings is 2. The fourth-order valence-corrected chi connectivity index (χ4v) is 3.59. The van der Waals surface area contributed by atoms with Gasteiger partial charge in [0.25, 0.3) is 0 Å². The van der Waals surface area contributed by atoms with Gasteiger partial charge in [-0.15, -0.1) is 0 Å². The van der Waals surface area contributed by atoms with E-state index in [0.717, 1.165) is 35.0 Å². The van der Waals surface area contributed by atoms with Crippen LogP contribution in [-0.2, 0) is 15.7 Å². The lowest BCUT2D eigenvalue weighted by Gasteiger charge is -2.32. The first kappa shape index (κ1) is 20.4. The van der Waals surface area contributed by atoms with Crippen LogP contribution in [0.4, 0.5) is 5.69 Å². The molecule has 1 N–H and O–H groups in total. The Labute approximate surface area is 178 Å². The molecule has 1 aliphatic rings. The highest BCUT2D eigenvalue weighted by Crippen LogP contribution is 2.37. The second-order valence-corrected chi connectivity index (χ2v) is 8.69. The highest BCUT2D eigenvalue weighted by atomic mass is 16.7. The van der Waals surface area contributed by atoms with E-state index < -0.39 is 18.3 Å². The van der Waals surface area contributed by atoms with Crippen molar-refractivity contribution in [1.82, 2.24) is 4.98 Å². The first-order valence-electron chi connectivity index (χ1n) is 10.3. The van der Waals surface area contributed by atoms with Gasteiger partial charge >= 0.3 is 7.12 Å². The van der Waals surface area contributed by atoms with E-state index in [4.69, 9.17) is 9.31 Å². The maximum absolute atomic E-state index is 9.63. The van der Waals surface area contributed by atoms with Crippen LogP contribution in [0.1, 0.15) is 38.8 Å². The van der Waals surface area contributed by atoms with Crippen LogP contribution in [0, 0.1) is 11.3 Å². The average molecular weight is 399 g/mol. The summed E-state index contributed by atoms with van der Waals surface area (Å²) in [5.41, 5.74) is 3.52. The zero-order valence-corrected chi connectivity index (χ0v) is 17.9.